The van der Waals surface area contributed by atoms with E-state index in [1.807, 2.05) is 26.8 Å². The number of hydrogen-bond donors (Lipinski definition) is 2. The van der Waals surface area contributed by atoms with Gasteiger partial charge in [0.1, 0.15) is 11.3 Å². The molecule has 0 aliphatic carbocycles. The zero-order valence-electron chi connectivity index (χ0n) is 15.1. The van der Waals surface area contributed by atoms with Crippen LogP contribution in [0.15, 0.2) is 18.5 Å². The van der Waals surface area contributed by atoms with Crippen LogP contribution in [0.2, 0.25) is 0 Å². The van der Waals surface area contributed by atoms with E-state index in [-0.39, 0.29) is 12.1 Å². The Hall–Kier alpha value is -2.02. The number of aromatic nitrogens is 1. The topological polar surface area (TPSA) is 75.7 Å². The van der Waals surface area contributed by atoms with Gasteiger partial charge in [0.2, 0.25) is 0 Å². The lowest BCUT2D eigenvalue weighted by atomic mass is 9.95. The lowest BCUT2D eigenvalue weighted by Crippen LogP contribution is -2.51. The largest absolute Gasteiger partial charge is 0.444 e. The number of alkyl carbamates (subject to hydrolysis) is 1. The molecule has 1 aromatic heterocycles. The van der Waals surface area contributed by atoms with Crippen LogP contribution in [0.4, 0.5) is 16.2 Å². The van der Waals surface area contributed by atoms with Crippen LogP contribution in [0.1, 0.15) is 34.1 Å². The number of carbonyl (C=O) groups is 1. The molecule has 2 N–H and O–H groups in total. The molecule has 0 bridgehead atoms. The van der Waals surface area contributed by atoms with Gasteiger partial charge in [-0.3, -0.25) is 15.3 Å². The summed E-state index contributed by atoms with van der Waals surface area (Å²) in [6.07, 6.45) is 4.04. The highest BCUT2D eigenvalue weighted by Gasteiger charge is 2.28. The Kier molecular flexibility index (Phi) is 5.88. The van der Waals surface area contributed by atoms with Crippen LogP contribution in [-0.2, 0) is 9.57 Å². The van der Waals surface area contributed by atoms with Crippen molar-refractivity contribution in [3.8, 4) is 0 Å². The van der Waals surface area contributed by atoms with E-state index in [9.17, 15) is 4.79 Å². The van der Waals surface area contributed by atoms with Crippen LogP contribution < -0.4 is 15.7 Å². The average molecular weight is 336 g/mol. The van der Waals surface area contributed by atoms with E-state index in [1.54, 1.807) is 19.5 Å². The average Bonchev–Trinajstić information content (AvgIpc) is 2.45. The number of nitrogens with one attached hydrogen (secondary N) is 2. The summed E-state index contributed by atoms with van der Waals surface area (Å²) in [5.74, 6) is 0.447. The summed E-state index contributed by atoms with van der Waals surface area (Å²) < 4.78 is 5.37. The number of anilines is 2. The molecule has 24 heavy (non-hydrogen) atoms. The van der Waals surface area contributed by atoms with Gasteiger partial charge in [-0.1, -0.05) is 6.92 Å². The summed E-state index contributed by atoms with van der Waals surface area (Å²) in [6.45, 7) is 9.40. The number of hydrogen-bond acceptors (Lipinski definition) is 6. The van der Waals surface area contributed by atoms with E-state index in [4.69, 9.17) is 9.57 Å². The van der Waals surface area contributed by atoms with Gasteiger partial charge in [0.05, 0.1) is 19.0 Å². The van der Waals surface area contributed by atoms with Gasteiger partial charge in [-0.15, -0.1) is 0 Å². The predicted molar refractivity (Wildman–Crippen MR) is 94.0 cm³/mol. The summed E-state index contributed by atoms with van der Waals surface area (Å²) in [5, 5.41) is 2.99. The number of carbonyl (C=O) groups excluding carboxylic acids is 1. The Morgan fingerprint density at radius 3 is 2.79 bits per heavy atom. The van der Waals surface area contributed by atoms with Crippen molar-refractivity contribution in [2.45, 2.75) is 45.8 Å². The molecular formula is C17H28N4O3. The van der Waals surface area contributed by atoms with Gasteiger partial charge in [0, 0.05) is 25.3 Å². The molecule has 0 saturated carbocycles. The summed E-state index contributed by atoms with van der Waals surface area (Å²) >= 11 is 0. The second-order valence-corrected chi connectivity index (χ2v) is 7.29. The maximum atomic E-state index is 12.1. The zero-order valence-corrected chi connectivity index (χ0v) is 15.1. The lowest BCUT2D eigenvalue weighted by Gasteiger charge is -2.39. The lowest BCUT2D eigenvalue weighted by molar-refractivity contribution is 0.0495. The molecule has 0 radical (unpaired) electrons. The van der Waals surface area contributed by atoms with Gasteiger partial charge in [-0.05, 0) is 39.2 Å². The minimum Gasteiger partial charge on any atom is -0.444 e. The van der Waals surface area contributed by atoms with Gasteiger partial charge in [0.25, 0.3) is 0 Å². The van der Waals surface area contributed by atoms with Gasteiger partial charge in [-0.2, -0.15) is 0 Å². The molecule has 0 aromatic carbocycles. The minimum atomic E-state index is -0.495. The number of rotatable bonds is 4. The fourth-order valence-corrected chi connectivity index (χ4v) is 2.98. The van der Waals surface area contributed by atoms with Crippen molar-refractivity contribution in [2.75, 3.05) is 30.6 Å². The molecular weight excluding hydrogens is 308 g/mol. The van der Waals surface area contributed by atoms with Crippen molar-refractivity contribution in [1.82, 2.24) is 10.3 Å². The molecule has 7 heteroatoms. The Morgan fingerprint density at radius 1 is 1.38 bits per heavy atom. The number of ether oxygens (including phenoxy) is 1. The van der Waals surface area contributed by atoms with Crippen molar-refractivity contribution < 1.29 is 14.4 Å². The maximum Gasteiger partial charge on any atom is 0.407 e. The van der Waals surface area contributed by atoms with E-state index in [1.165, 1.54) is 0 Å². The molecule has 0 spiro atoms. The molecule has 7 nitrogen and oxygen atoms in total. The monoisotopic (exact) mass is 336 g/mol. The predicted octanol–water partition coefficient (Wildman–Crippen LogP) is 2.79. The van der Waals surface area contributed by atoms with E-state index < -0.39 is 5.60 Å². The highest BCUT2D eigenvalue weighted by molar-refractivity contribution is 5.70. The summed E-state index contributed by atoms with van der Waals surface area (Å²) in [4.78, 5) is 23.4. The van der Waals surface area contributed by atoms with Gasteiger partial charge < -0.3 is 15.0 Å². The Morgan fingerprint density at radius 2 is 2.12 bits per heavy atom. The van der Waals surface area contributed by atoms with Crippen LogP contribution in [0, 0.1) is 5.92 Å². The second kappa shape index (κ2) is 7.70. The third-order valence-electron chi connectivity index (χ3n) is 3.73. The Labute approximate surface area is 143 Å². The molecule has 2 heterocycles. The van der Waals surface area contributed by atoms with E-state index in [0.717, 1.165) is 24.3 Å². The molecule has 134 valence electrons. The first-order chi connectivity index (χ1) is 11.3. The third kappa shape index (κ3) is 5.26. The summed E-state index contributed by atoms with van der Waals surface area (Å²) in [7, 11) is 1.57. The van der Waals surface area contributed by atoms with Crippen LogP contribution in [0.25, 0.3) is 0 Å². The summed E-state index contributed by atoms with van der Waals surface area (Å²) in [5.41, 5.74) is 4.18. The third-order valence-corrected chi connectivity index (χ3v) is 3.73. The Balaban J connectivity index is 2.07. The second-order valence-electron chi connectivity index (χ2n) is 7.29. The number of piperidine rings is 1. The fourth-order valence-electron chi connectivity index (χ4n) is 2.98. The quantitative estimate of drug-likeness (QED) is 0.824. The van der Waals surface area contributed by atoms with Crippen molar-refractivity contribution in [3.05, 3.63) is 18.5 Å². The van der Waals surface area contributed by atoms with Crippen LogP contribution >= 0.6 is 0 Å². The first-order valence-electron chi connectivity index (χ1n) is 8.26. The molecule has 2 rings (SSSR count). The zero-order chi connectivity index (χ0) is 17.7. The van der Waals surface area contributed by atoms with Gasteiger partial charge in [-0.25, -0.2) is 4.79 Å². The molecule has 1 aromatic rings. The van der Waals surface area contributed by atoms with Crippen molar-refractivity contribution in [2.24, 2.45) is 5.92 Å². The van der Waals surface area contributed by atoms with Crippen molar-refractivity contribution in [3.63, 3.8) is 0 Å². The van der Waals surface area contributed by atoms with E-state index in [0.29, 0.717) is 12.5 Å². The van der Waals surface area contributed by atoms with Crippen molar-refractivity contribution in [1.29, 1.82) is 0 Å². The van der Waals surface area contributed by atoms with Crippen LogP contribution in [0.5, 0.6) is 0 Å². The van der Waals surface area contributed by atoms with Crippen LogP contribution in [-0.4, -0.2) is 42.9 Å². The van der Waals surface area contributed by atoms with E-state index in [2.05, 4.69) is 27.6 Å². The SMILES string of the molecule is CONc1cnccc1N1CC(C)CC(NC(=O)OC(C)(C)C)C1. The molecule has 2 atom stereocenters. The standard InChI is InChI=1S/C17H28N4O3/c1-12-8-13(19-16(22)24-17(2,3)4)11-21(10-12)15-6-7-18-9-14(15)20-23-5/h6-7,9,12-13,20H,8,10-11H2,1-5H3,(H,19,22). The number of amides is 1. The van der Waals surface area contributed by atoms with Gasteiger partial charge in [0.15, 0.2) is 0 Å². The first-order valence-corrected chi connectivity index (χ1v) is 8.26. The number of nitrogens with zero attached hydrogens (tertiary/aromatic N) is 2. The summed E-state index contributed by atoms with van der Waals surface area (Å²) in [6, 6.07) is 1.98. The van der Waals surface area contributed by atoms with E-state index >= 15 is 0 Å². The molecule has 1 fully saturated rings. The first kappa shape index (κ1) is 18.3. The maximum absolute atomic E-state index is 12.1. The molecule has 1 amide bonds. The fraction of sp³-hybridized carbons (Fsp3) is 0.647. The highest BCUT2D eigenvalue weighted by Crippen LogP contribution is 2.29. The molecule has 2 unspecified atom stereocenters. The molecule has 1 saturated heterocycles. The number of pyridine rings is 1. The van der Waals surface area contributed by atoms with Gasteiger partial charge >= 0.3 is 6.09 Å². The highest BCUT2D eigenvalue weighted by atomic mass is 16.6. The smallest absolute Gasteiger partial charge is 0.407 e. The molecule has 1 aliphatic heterocycles. The van der Waals surface area contributed by atoms with Crippen molar-refractivity contribution >= 4 is 17.5 Å². The van der Waals surface area contributed by atoms with Crippen LogP contribution in [0.3, 0.4) is 0 Å². The minimum absolute atomic E-state index is 0.0344. The normalized spacial score (nSPS) is 21.3. The Bertz CT molecular complexity index is 559. The molecule has 1 aliphatic rings.